The average Bonchev–Trinajstić information content (AvgIpc) is 2.99. The van der Waals surface area contributed by atoms with Gasteiger partial charge in [0.15, 0.2) is 0 Å². The quantitative estimate of drug-likeness (QED) is 0.629. The molecule has 1 heterocycles. The molecule has 0 spiro atoms. The lowest BCUT2D eigenvalue weighted by Crippen LogP contribution is -1.97. The van der Waals surface area contributed by atoms with Crippen molar-refractivity contribution in [3.63, 3.8) is 0 Å². The zero-order valence-corrected chi connectivity index (χ0v) is 12.9. The molecule has 0 saturated heterocycles. The SMILES string of the molecule is CCn1cc(COc2ccc(OC)cc2C#CCCl)cn1. The first-order valence-electron chi connectivity index (χ1n) is 6.63. The van der Waals surface area contributed by atoms with Gasteiger partial charge in [-0.2, -0.15) is 5.10 Å². The minimum absolute atomic E-state index is 0.278. The Bertz CT molecular complexity index is 656. The van der Waals surface area contributed by atoms with E-state index >= 15 is 0 Å². The Balaban J connectivity index is 2.14. The van der Waals surface area contributed by atoms with Crippen molar-refractivity contribution in [3.05, 3.63) is 41.7 Å². The smallest absolute Gasteiger partial charge is 0.135 e. The number of halogens is 1. The standard InChI is InChI=1S/C16H17ClN2O2/c1-3-19-11-13(10-18-19)12-21-16-7-6-15(20-2)9-14(16)5-4-8-17/h6-7,9-11H,3,8,12H2,1-2H3. The lowest BCUT2D eigenvalue weighted by atomic mass is 10.2. The van der Waals surface area contributed by atoms with Gasteiger partial charge in [0.05, 0.1) is 24.8 Å². The maximum Gasteiger partial charge on any atom is 0.135 e. The maximum atomic E-state index is 5.82. The lowest BCUT2D eigenvalue weighted by molar-refractivity contribution is 0.304. The number of methoxy groups -OCH3 is 1. The van der Waals surface area contributed by atoms with Crippen LogP contribution in [0.3, 0.4) is 0 Å². The Morgan fingerprint density at radius 2 is 2.24 bits per heavy atom. The number of hydrogen-bond donors (Lipinski definition) is 0. The molecule has 0 bridgehead atoms. The van der Waals surface area contributed by atoms with Gasteiger partial charge in [-0.15, -0.1) is 11.6 Å². The van der Waals surface area contributed by atoms with Gasteiger partial charge in [-0.05, 0) is 25.1 Å². The molecule has 21 heavy (non-hydrogen) atoms. The van der Waals surface area contributed by atoms with Gasteiger partial charge in [-0.1, -0.05) is 11.8 Å². The second kappa shape index (κ2) is 7.61. The van der Waals surface area contributed by atoms with E-state index in [0.29, 0.717) is 12.4 Å². The van der Waals surface area contributed by atoms with Crippen LogP contribution in [0.15, 0.2) is 30.6 Å². The number of hydrogen-bond acceptors (Lipinski definition) is 3. The summed E-state index contributed by atoms with van der Waals surface area (Å²) in [7, 11) is 1.62. The zero-order valence-electron chi connectivity index (χ0n) is 12.1. The fraction of sp³-hybridized carbons (Fsp3) is 0.312. The molecule has 0 fully saturated rings. The molecule has 0 aliphatic rings. The van der Waals surface area contributed by atoms with Crippen LogP contribution in [0.25, 0.3) is 0 Å². The van der Waals surface area contributed by atoms with E-state index in [2.05, 4.69) is 16.9 Å². The third-order valence-electron chi connectivity index (χ3n) is 2.88. The summed E-state index contributed by atoms with van der Waals surface area (Å²) in [6.45, 7) is 3.33. The van der Waals surface area contributed by atoms with Crippen molar-refractivity contribution in [2.24, 2.45) is 0 Å². The minimum atomic E-state index is 0.278. The summed E-state index contributed by atoms with van der Waals surface area (Å²) in [5.41, 5.74) is 1.78. The summed E-state index contributed by atoms with van der Waals surface area (Å²) in [6.07, 6.45) is 3.77. The number of nitrogens with zero attached hydrogens (tertiary/aromatic N) is 2. The summed E-state index contributed by atoms with van der Waals surface area (Å²) in [4.78, 5) is 0. The number of ether oxygens (including phenoxy) is 2. The van der Waals surface area contributed by atoms with E-state index in [9.17, 15) is 0 Å². The molecule has 0 aliphatic carbocycles. The first-order valence-corrected chi connectivity index (χ1v) is 7.17. The monoisotopic (exact) mass is 304 g/mol. The van der Waals surface area contributed by atoms with Crippen LogP contribution in [0, 0.1) is 11.8 Å². The van der Waals surface area contributed by atoms with Crippen molar-refractivity contribution in [2.75, 3.05) is 13.0 Å². The van der Waals surface area contributed by atoms with Gasteiger partial charge in [-0.3, -0.25) is 4.68 Å². The fourth-order valence-corrected chi connectivity index (χ4v) is 1.87. The van der Waals surface area contributed by atoms with Crippen molar-refractivity contribution in [1.82, 2.24) is 9.78 Å². The summed E-state index contributed by atoms with van der Waals surface area (Å²) < 4.78 is 12.9. The first kappa shape index (κ1) is 15.3. The van der Waals surface area contributed by atoms with Gasteiger partial charge in [0.2, 0.25) is 0 Å². The van der Waals surface area contributed by atoms with Gasteiger partial charge in [-0.25, -0.2) is 0 Å². The molecule has 2 rings (SSSR count). The van der Waals surface area contributed by atoms with Crippen LogP contribution in [0.5, 0.6) is 11.5 Å². The Kier molecular flexibility index (Phi) is 5.53. The molecule has 1 aromatic heterocycles. The predicted molar refractivity (Wildman–Crippen MR) is 82.8 cm³/mol. The van der Waals surface area contributed by atoms with Crippen molar-refractivity contribution in [2.45, 2.75) is 20.1 Å². The highest BCUT2D eigenvalue weighted by Gasteiger charge is 2.05. The van der Waals surface area contributed by atoms with E-state index in [1.165, 1.54) is 0 Å². The molecule has 1 aromatic carbocycles. The van der Waals surface area contributed by atoms with Crippen LogP contribution in [-0.4, -0.2) is 22.8 Å². The van der Waals surface area contributed by atoms with Crippen molar-refractivity contribution in [3.8, 4) is 23.3 Å². The Labute approximate surface area is 129 Å². The van der Waals surface area contributed by atoms with Crippen LogP contribution in [0.1, 0.15) is 18.1 Å². The highest BCUT2D eigenvalue weighted by atomic mass is 35.5. The van der Waals surface area contributed by atoms with E-state index < -0.39 is 0 Å². The van der Waals surface area contributed by atoms with Gasteiger partial charge in [0.25, 0.3) is 0 Å². The second-order valence-electron chi connectivity index (χ2n) is 4.29. The first-order chi connectivity index (χ1) is 10.3. The van der Waals surface area contributed by atoms with Gasteiger partial charge >= 0.3 is 0 Å². The largest absolute Gasteiger partial charge is 0.497 e. The number of aromatic nitrogens is 2. The summed E-state index contributed by atoms with van der Waals surface area (Å²) in [6, 6.07) is 5.53. The molecule has 0 unspecified atom stereocenters. The van der Waals surface area contributed by atoms with E-state index in [1.807, 2.05) is 36.0 Å². The van der Waals surface area contributed by atoms with Crippen LogP contribution < -0.4 is 9.47 Å². The molecule has 0 saturated carbocycles. The Hall–Kier alpha value is -2.12. The molecule has 0 radical (unpaired) electrons. The summed E-state index contributed by atoms with van der Waals surface area (Å²) in [5.74, 6) is 7.53. The van der Waals surface area contributed by atoms with Crippen LogP contribution in [0.2, 0.25) is 0 Å². The number of rotatable bonds is 5. The molecule has 0 atom stereocenters. The molecular formula is C16H17ClN2O2. The highest BCUT2D eigenvalue weighted by Crippen LogP contribution is 2.24. The normalized spacial score (nSPS) is 9.86. The lowest BCUT2D eigenvalue weighted by Gasteiger charge is -2.09. The van der Waals surface area contributed by atoms with Crippen LogP contribution >= 0.6 is 11.6 Å². The summed E-state index contributed by atoms with van der Waals surface area (Å²) >= 11 is 5.61. The summed E-state index contributed by atoms with van der Waals surface area (Å²) in [5, 5.41) is 4.22. The van der Waals surface area contributed by atoms with E-state index in [-0.39, 0.29) is 5.88 Å². The predicted octanol–water partition coefficient (Wildman–Crippen LogP) is 3.08. The van der Waals surface area contributed by atoms with Crippen molar-refractivity contribution < 1.29 is 9.47 Å². The van der Waals surface area contributed by atoms with Crippen molar-refractivity contribution in [1.29, 1.82) is 0 Å². The molecule has 2 aromatic rings. The van der Waals surface area contributed by atoms with Crippen LogP contribution in [0.4, 0.5) is 0 Å². The third kappa shape index (κ3) is 4.17. The molecule has 110 valence electrons. The Morgan fingerprint density at radius 3 is 2.90 bits per heavy atom. The van der Waals surface area contributed by atoms with Gasteiger partial charge in [0, 0.05) is 18.3 Å². The third-order valence-corrected chi connectivity index (χ3v) is 3.02. The minimum Gasteiger partial charge on any atom is -0.497 e. The second-order valence-corrected chi connectivity index (χ2v) is 4.56. The number of aryl methyl sites for hydroxylation is 1. The van der Waals surface area contributed by atoms with Crippen molar-refractivity contribution >= 4 is 11.6 Å². The van der Waals surface area contributed by atoms with E-state index in [4.69, 9.17) is 21.1 Å². The molecule has 0 aliphatic heterocycles. The Morgan fingerprint density at radius 1 is 1.38 bits per heavy atom. The number of benzene rings is 1. The topological polar surface area (TPSA) is 36.3 Å². The van der Waals surface area contributed by atoms with E-state index in [1.54, 1.807) is 13.3 Å². The molecule has 0 N–H and O–H groups in total. The fourth-order valence-electron chi connectivity index (χ4n) is 1.80. The zero-order chi connectivity index (χ0) is 15.1. The van der Waals surface area contributed by atoms with Gasteiger partial charge < -0.3 is 9.47 Å². The van der Waals surface area contributed by atoms with E-state index in [0.717, 1.165) is 23.4 Å². The molecular weight excluding hydrogens is 288 g/mol. The molecule has 5 heteroatoms. The number of alkyl halides is 1. The highest BCUT2D eigenvalue weighted by molar-refractivity contribution is 6.19. The molecule has 0 amide bonds. The average molecular weight is 305 g/mol. The molecule has 4 nitrogen and oxygen atoms in total. The maximum absolute atomic E-state index is 5.82. The van der Waals surface area contributed by atoms with Gasteiger partial charge in [0.1, 0.15) is 18.1 Å². The van der Waals surface area contributed by atoms with Crippen LogP contribution in [-0.2, 0) is 13.2 Å².